The Labute approximate surface area is 250 Å². The van der Waals surface area contributed by atoms with Crippen molar-refractivity contribution in [1.29, 1.82) is 0 Å². The third-order valence-corrected chi connectivity index (χ3v) is 7.96. The Morgan fingerprint density at radius 3 is 2.37 bits per heavy atom. The second kappa shape index (κ2) is 12.8. The summed E-state index contributed by atoms with van der Waals surface area (Å²) < 4.78 is 0. The van der Waals surface area contributed by atoms with E-state index >= 15 is 0 Å². The number of hydrogen-bond acceptors (Lipinski definition) is 5. The molecule has 212 valence electrons. The van der Waals surface area contributed by atoms with Gasteiger partial charge in [-0.15, -0.1) is 0 Å². The number of nitrogens with zero attached hydrogens (tertiary/aromatic N) is 2. The van der Waals surface area contributed by atoms with E-state index in [0.717, 1.165) is 48.1 Å². The van der Waals surface area contributed by atoms with E-state index in [4.69, 9.17) is 28.2 Å². The molecule has 4 aromatic rings. The molecule has 3 N–H and O–H groups in total. The van der Waals surface area contributed by atoms with Gasteiger partial charge in [0.1, 0.15) is 5.82 Å². The van der Waals surface area contributed by atoms with E-state index in [1.807, 2.05) is 38.4 Å². The molecule has 0 spiro atoms. The first-order valence-electron chi connectivity index (χ1n) is 13.7. The number of nitrogens with one attached hydrogen (secondary N) is 3. The molecule has 1 aromatic heterocycles. The Morgan fingerprint density at radius 1 is 0.902 bits per heavy atom. The van der Waals surface area contributed by atoms with Crippen molar-refractivity contribution in [1.82, 2.24) is 10.3 Å². The van der Waals surface area contributed by atoms with E-state index in [9.17, 15) is 9.59 Å². The maximum Gasteiger partial charge on any atom is 0.255 e. The largest absolute Gasteiger partial charge is 0.377 e. The molecule has 1 heterocycles. The fourth-order valence-corrected chi connectivity index (χ4v) is 5.78. The van der Waals surface area contributed by atoms with Crippen LogP contribution in [-0.4, -0.2) is 43.0 Å². The standard InChI is InChI=1S/C32H33Cl2N5O2/c1-39(2)29-19-30(37-27-10-6-5-9-25(27)29)35-22-12-14-23(15-13-22)36-31(40)17-20-7-3-4-8-24(20)32(41)38-28-16-11-21(33)18-26(28)34/h3-11,16,18-19,22-23H,12-15,17H2,1-2H3,(H,35,37)(H,36,40)(H,38,41)/t22-,23+. The van der Waals surface area contributed by atoms with Gasteiger partial charge in [-0.25, -0.2) is 4.98 Å². The van der Waals surface area contributed by atoms with E-state index in [1.54, 1.807) is 36.4 Å². The molecule has 1 aliphatic carbocycles. The van der Waals surface area contributed by atoms with Crippen molar-refractivity contribution in [2.75, 3.05) is 29.6 Å². The smallest absolute Gasteiger partial charge is 0.255 e. The highest BCUT2D eigenvalue weighted by Gasteiger charge is 2.24. The average Bonchev–Trinajstić information content (AvgIpc) is 2.95. The molecule has 0 unspecified atom stereocenters. The highest BCUT2D eigenvalue weighted by molar-refractivity contribution is 6.36. The Balaban J connectivity index is 1.16. The predicted molar refractivity (Wildman–Crippen MR) is 168 cm³/mol. The number of amides is 2. The van der Waals surface area contributed by atoms with Crippen LogP contribution in [0.15, 0.2) is 72.8 Å². The second-order valence-corrected chi connectivity index (χ2v) is 11.5. The number of carbonyl (C=O) groups is 2. The summed E-state index contributed by atoms with van der Waals surface area (Å²) in [5.74, 6) is 0.441. The number of halogens is 2. The minimum absolute atomic E-state index is 0.0938. The lowest BCUT2D eigenvalue weighted by Crippen LogP contribution is -2.41. The lowest BCUT2D eigenvalue weighted by Gasteiger charge is -2.30. The number of pyridine rings is 1. The van der Waals surface area contributed by atoms with E-state index in [-0.39, 0.29) is 30.3 Å². The van der Waals surface area contributed by atoms with Crippen molar-refractivity contribution in [3.63, 3.8) is 0 Å². The summed E-state index contributed by atoms with van der Waals surface area (Å²) >= 11 is 12.2. The minimum atomic E-state index is -0.330. The zero-order valence-corrected chi connectivity index (χ0v) is 24.6. The van der Waals surface area contributed by atoms with Crippen LogP contribution >= 0.6 is 23.2 Å². The molecule has 5 rings (SSSR count). The van der Waals surface area contributed by atoms with Gasteiger partial charge in [0.2, 0.25) is 5.91 Å². The molecule has 0 bridgehead atoms. The number of anilines is 3. The molecule has 9 heteroatoms. The molecular weight excluding hydrogens is 557 g/mol. The summed E-state index contributed by atoms with van der Waals surface area (Å²) in [4.78, 5) is 32.9. The van der Waals surface area contributed by atoms with Gasteiger partial charge in [-0.3, -0.25) is 9.59 Å². The van der Waals surface area contributed by atoms with Gasteiger partial charge < -0.3 is 20.9 Å². The van der Waals surface area contributed by atoms with Crippen molar-refractivity contribution in [2.24, 2.45) is 0 Å². The van der Waals surface area contributed by atoms with Crippen LogP contribution in [0.1, 0.15) is 41.6 Å². The number of hydrogen-bond donors (Lipinski definition) is 3. The SMILES string of the molecule is CN(C)c1cc(N[C@H]2CC[C@@H](NC(=O)Cc3ccccc3C(=O)Nc3ccc(Cl)cc3Cl)CC2)nc2ccccc12. The first kappa shape index (κ1) is 28.7. The van der Waals surface area contributed by atoms with Gasteiger partial charge in [-0.05, 0) is 61.6 Å². The molecule has 3 aromatic carbocycles. The van der Waals surface area contributed by atoms with Crippen molar-refractivity contribution >= 4 is 63.1 Å². The van der Waals surface area contributed by atoms with Crippen LogP contribution in [0.25, 0.3) is 10.9 Å². The maximum absolute atomic E-state index is 13.0. The van der Waals surface area contributed by atoms with Crippen LogP contribution in [0, 0.1) is 0 Å². The van der Waals surface area contributed by atoms with E-state index in [2.05, 4.69) is 33.0 Å². The number of benzene rings is 3. The van der Waals surface area contributed by atoms with Gasteiger partial charge in [0, 0.05) is 53.9 Å². The van der Waals surface area contributed by atoms with E-state index in [0.29, 0.717) is 26.9 Å². The number of fused-ring (bicyclic) bond motifs is 1. The fraction of sp³-hybridized carbons (Fsp3) is 0.281. The van der Waals surface area contributed by atoms with Gasteiger partial charge in [-0.2, -0.15) is 0 Å². The van der Waals surface area contributed by atoms with E-state index in [1.165, 1.54) is 0 Å². The first-order chi connectivity index (χ1) is 19.8. The summed E-state index contributed by atoms with van der Waals surface area (Å²) in [5, 5.41) is 11.6. The molecule has 2 amide bonds. The molecule has 41 heavy (non-hydrogen) atoms. The highest BCUT2D eigenvalue weighted by Crippen LogP contribution is 2.30. The maximum atomic E-state index is 13.0. The highest BCUT2D eigenvalue weighted by atomic mass is 35.5. The second-order valence-electron chi connectivity index (χ2n) is 10.6. The predicted octanol–water partition coefficient (Wildman–Crippen LogP) is 6.94. The normalized spacial score (nSPS) is 16.7. The third kappa shape index (κ3) is 7.10. The number of rotatable bonds is 8. The van der Waals surface area contributed by atoms with Crippen LogP contribution in [0.2, 0.25) is 10.0 Å². The van der Waals surface area contributed by atoms with Crippen molar-refractivity contribution < 1.29 is 9.59 Å². The Kier molecular flexibility index (Phi) is 8.96. The molecular formula is C32H33Cl2N5O2. The lowest BCUT2D eigenvalue weighted by molar-refractivity contribution is -0.121. The van der Waals surface area contributed by atoms with Gasteiger partial charge in [0.05, 0.1) is 22.6 Å². The first-order valence-corrected chi connectivity index (χ1v) is 14.5. The van der Waals surface area contributed by atoms with Crippen LogP contribution in [0.5, 0.6) is 0 Å². The molecule has 1 aliphatic rings. The molecule has 0 radical (unpaired) electrons. The Morgan fingerprint density at radius 2 is 1.61 bits per heavy atom. The van der Waals surface area contributed by atoms with Gasteiger partial charge in [0.15, 0.2) is 0 Å². The summed E-state index contributed by atoms with van der Waals surface area (Å²) in [7, 11) is 4.08. The molecule has 0 atom stereocenters. The fourth-order valence-electron chi connectivity index (χ4n) is 5.32. The quantitative estimate of drug-likeness (QED) is 0.207. The van der Waals surface area contributed by atoms with Crippen molar-refractivity contribution in [2.45, 2.75) is 44.2 Å². The molecule has 0 saturated heterocycles. The number of para-hydroxylation sites is 1. The van der Waals surface area contributed by atoms with Gasteiger partial charge in [0.25, 0.3) is 5.91 Å². The molecule has 1 fully saturated rings. The Bertz CT molecular complexity index is 1570. The topological polar surface area (TPSA) is 86.4 Å². The van der Waals surface area contributed by atoms with Crippen molar-refractivity contribution in [3.8, 4) is 0 Å². The van der Waals surface area contributed by atoms with E-state index < -0.39 is 0 Å². The Hall–Kier alpha value is -3.81. The molecule has 7 nitrogen and oxygen atoms in total. The molecule has 0 aliphatic heterocycles. The van der Waals surface area contributed by atoms with Gasteiger partial charge >= 0.3 is 0 Å². The number of carbonyl (C=O) groups excluding carboxylic acids is 2. The average molecular weight is 591 g/mol. The van der Waals surface area contributed by atoms with Crippen LogP contribution in [0.4, 0.5) is 17.2 Å². The third-order valence-electron chi connectivity index (χ3n) is 7.41. The van der Waals surface area contributed by atoms with Crippen molar-refractivity contribution in [3.05, 3.63) is 94.0 Å². The van der Waals surface area contributed by atoms with Gasteiger partial charge in [-0.1, -0.05) is 59.6 Å². The summed E-state index contributed by atoms with van der Waals surface area (Å²) in [5.41, 5.74) is 3.64. The summed E-state index contributed by atoms with van der Waals surface area (Å²) in [6, 6.07) is 22.7. The minimum Gasteiger partial charge on any atom is -0.377 e. The zero-order chi connectivity index (χ0) is 28.9. The zero-order valence-electron chi connectivity index (χ0n) is 23.1. The van der Waals surface area contributed by atoms with Crippen LogP contribution in [0.3, 0.4) is 0 Å². The summed E-state index contributed by atoms with van der Waals surface area (Å²) in [6.45, 7) is 0. The lowest BCUT2D eigenvalue weighted by atomic mass is 9.91. The number of aromatic nitrogens is 1. The molecule has 1 saturated carbocycles. The summed E-state index contributed by atoms with van der Waals surface area (Å²) in [6.07, 6.45) is 3.71. The van der Waals surface area contributed by atoms with Crippen LogP contribution < -0.4 is 20.9 Å². The monoisotopic (exact) mass is 589 g/mol. The van der Waals surface area contributed by atoms with Crippen LogP contribution in [-0.2, 0) is 11.2 Å².